The lowest BCUT2D eigenvalue weighted by atomic mass is 9.82. The number of rotatable bonds is 6. The number of methoxy groups -OCH3 is 2. The van der Waals surface area contributed by atoms with Crippen LogP contribution in [0, 0.1) is 5.92 Å². The largest absolute Gasteiger partial charge is 0.506 e. The Morgan fingerprint density at radius 2 is 1.52 bits per heavy atom. The Kier molecular flexibility index (Phi) is 7.75. The number of hydrogen-bond donors (Lipinski definition) is 1. The first-order chi connectivity index (χ1) is 21.5. The SMILES string of the molecule is COc1ccc2c(c1)OC(C1CCCCC1)=CC2=CC1=C(O)C(=Cc2cc(C3CCCCC3)[o+]c3cc(OC)ccc23)C1=[OH+]. The minimum atomic E-state index is 0.0749. The van der Waals surface area contributed by atoms with E-state index in [2.05, 4.69) is 12.1 Å². The topological polar surface area (TPSA) is 80.6 Å². The minimum Gasteiger partial charge on any atom is -0.506 e. The lowest BCUT2D eigenvalue weighted by Crippen LogP contribution is -2.22. The Morgan fingerprint density at radius 1 is 0.841 bits per heavy atom. The predicted molar refractivity (Wildman–Crippen MR) is 174 cm³/mol. The van der Waals surface area contributed by atoms with Crippen molar-refractivity contribution in [2.75, 3.05) is 14.2 Å². The molecule has 2 aromatic carbocycles. The number of allylic oxidation sites excluding steroid dienone is 6. The number of aliphatic hydroxyl groups excluding tert-OH is 1. The van der Waals surface area contributed by atoms with Crippen LogP contribution in [0.5, 0.6) is 17.2 Å². The summed E-state index contributed by atoms with van der Waals surface area (Å²) in [6, 6.07) is 13.7. The van der Waals surface area contributed by atoms with E-state index in [0.29, 0.717) is 23.0 Å². The molecule has 0 amide bonds. The molecule has 0 radical (unpaired) electrons. The van der Waals surface area contributed by atoms with Crippen molar-refractivity contribution in [3.8, 4) is 17.2 Å². The maximum Gasteiger partial charge on any atom is 0.364 e. The first-order valence-electron chi connectivity index (χ1n) is 16.0. The van der Waals surface area contributed by atoms with E-state index in [4.69, 9.17) is 18.6 Å². The molecule has 1 aliphatic heterocycles. The summed E-state index contributed by atoms with van der Waals surface area (Å²) in [5.74, 6) is 4.94. The molecular formula is C38H40O6+2. The van der Waals surface area contributed by atoms with E-state index in [-0.39, 0.29) is 11.5 Å². The average Bonchev–Trinajstić information content (AvgIpc) is 3.09. The van der Waals surface area contributed by atoms with Crippen molar-refractivity contribution < 1.29 is 28.5 Å². The zero-order chi connectivity index (χ0) is 30.2. The Bertz CT molecular complexity index is 1740. The summed E-state index contributed by atoms with van der Waals surface area (Å²) < 4.78 is 23.8. The highest BCUT2D eigenvalue weighted by molar-refractivity contribution is 6.25. The summed E-state index contributed by atoms with van der Waals surface area (Å²) in [7, 11) is 3.30. The first kappa shape index (κ1) is 28.5. The maximum absolute atomic E-state index is 11.3. The molecular weight excluding hydrogens is 552 g/mol. The normalized spacial score (nSPS) is 21.2. The molecule has 2 saturated carbocycles. The fraction of sp³-hybridized carbons (Fsp3) is 0.368. The summed E-state index contributed by atoms with van der Waals surface area (Å²) >= 11 is 0. The van der Waals surface area contributed by atoms with Crippen LogP contribution < -0.4 is 14.2 Å². The highest BCUT2D eigenvalue weighted by Gasteiger charge is 2.40. The molecule has 0 spiro atoms. The second kappa shape index (κ2) is 12.0. The maximum atomic E-state index is 11.3. The third-order valence-electron chi connectivity index (χ3n) is 9.69. The minimum absolute atomic E-state index is 0.0749. The van der Waals surface area contributed by atoms with Gasteiger partial charge in [-0.05, 0) is 73.7 Å². The van der Waals surface area contributed by atoms with Crippen molar-refractivity contribution in [1.82, 2.24) is 0 Å². The molecule has 6 nitrogen and oxygen atoms in total. The summed E-state index contributed by atoms with van der Waals surface area (Å²) in [4.78, 5) is 11.3. The van der Waals surface area contributed by atoms with E-state index in [1.807, 2.05) is 48.6 Å². The van der Waals surface area contributed by atoms with Gasteiger partial charge in [-0.15, -0.1) is 0 Å². The molecule has 7 rings (SSSR count). The molecule has 44 heavy (non-hydrogen) atoms. The van der Waals surface area contributed by atoms with Gasteiger partial charge in [-0.25, -0.2) is 4.42 Å². The Hall–Kier alpha value is -4.32. The van der Waals surface area contributed by atoms with Crippen LogP contribution in [0.25, 0.3) is 22.6 Å². The van der Waals surface area contributed by atoms with Crippen LogP contribution in [0.2, 0.25) is 0 Å². The molecule has 0 bridgehead atoms. The quantitative estimate of drug-likeness (QED) is 0.228. The second-order valence-electron chi connectivity index (χ2n) is 12.4. The highest BCUT2D eigenvalue weighted by Crippen LogP contribution is 2.44. The van der Waals surface area contributed by atoms with Crippen LogP contribution in [0.1, 0.15) is 87.0 Å². The van der Waals surface area contributed by atoms with Crippen molar-refractivity contribution >= 4 is 28.4 Å². The molecule has 0 saturated heterocycles. The second-order valence-corrected chi connectivity index (χ2v) is 12.4. The molecule has 0 unspecified atom stereocenters. The van der Waals surface area contributed by atoms with Gasteiger partial charge in [0.05, 0.1) is 31.6 Å². The Labute approximate surface area is 258 Å². The number of carbonyl (C=O) groups excluding carboxylic acids is 1. The van der Waals surface area contributed by atoms with Gasteiger partial charge in [0.15, 0.2) is 0 Å². The third-order valence-corrected chi connectivity index (χ3v) is 9.69. The van der Waals surface area contributed by atoms with Gasteiger partial charge in [0.1, 0.15) is 39.9 Å². The smallest absolute Gasteiger partial charge is 0.364 e. The number of benzene rings is 2. The standard InChI is InChI=1S/C38H38O6/c1-41-27-13-15-29-25(19-33(43-35(29)21-27)23-9-5-3-6-10-23)17-31-37(39)32(38(31)40)18-26-20-34(24-11-7-4-8-12-24)44-36-22-28(42-2)14-16-30(26)36/h13-24H,3-12H2,1-2H3/p+2. The zero-order valence-corrected chi connectivity index (χ0v) is 25.5. The molecule has 3 aliphatic carbocycles. The van der Waals surface area contributed by atoms with Gasteiger partial charge in [0.2, 0.25) is 0 Å². The predicted octanol–water partition coefficient (Wildman–Crippen LogP) is 9.47. The van der Waals surface area contributed by atoms with E-state index in [1.165, 1.54) is 38.5 Å². The molecule has 1 aromatic heterocycles. The van der Waals surface area contributed by atoms with Crippen LogP contribution in [0.3, 0.4) is 0 Å². The fourth-order valence-corrected chi connectivity index (χ4v) is 7.13. The molecule has 2 fully saturated rings. The van der Waals surface area contributed by atoms with Gasteiger partial charge in [0.25, 0.3) is 0 Å². The summed E-state index contributed by atoms with van der Waals surface area (Å²) in [6.07, 6.45) is 17.5. The van der Waals surface area contributed by atoms with Crippen molar-refractivity contribution in [2.45, 2.75) is 70.1 Å². The van der Waals surface area contributed by atoms with Gasteiger partial charge in [0, 0.05) is 29.2 Å². The van der Waals surface area contributed by atoms with Crippen LogP contribution in [-0.4, -0.2) is 29.9 Å². The van der Waals surface area contributed by atoms with Crippen molar-refractivity contribution in [2.24, 2.45) is 5.92 Å². The molecule has 2 heterocycles. The lowest BCUT2D eigenvalue weighted by molar-refractivity contribution is 0.285. The number of aliphatic hydroxyl groups is 1. The summed E-state index contributed by atoms with van der Waals surface area (Å²) in [6.45, 7) is 0. The highest BCUT2D eigenvalue weighted by atomic mass is 16.5. The van der Waals surface area contributed by atoms with Crippen LogP contribution >= 0.6 is 0 Å². The van der Waals surface area contributed by atoms with Crippen LogP contribution in [-0.2, 0) is 0 Å². The number of ether oxygens (including phenoxy) is 3. The molecule has 226 valence electrons. The monoisotopic (exact) mass is 592 g/mol. The number of ketones is 1. The van der Waals surface area contributed by atoms with Gasteiger partial charge in [-0.2, -0.15) is 0 Å². The fourth-order valence-electron chi connectivity index (χ4n) is 7.13. The Balaban J connectivity index is 1.28. The molecule has 0 atom stereocenters. The summed E-state index contributed by atoms with van der Waals surface area (Å²) in [5.41, 5.74) is 4.28. The first-order valence-corrected chi connectivity index (χ1v) is 16.0. The molecule has 3 aromatic rings. The van der Waals surface area contributed by atoms with Gasteiger partial charge in [-0.1, -0.05) is 38.5 Å². The van der Waals surface area contributed by atoms with E-state index < -0.39 is 0 Å². The molecule has 4 aliphatic rings. The van der Waals surface area contributed by atoms with Crippen LogP contribution in [0.15, 0.2) is 81.7 Å². The van der Waals surface area contributed by atoms with E-state index in [0.717, 1.165) is 82.1 Å². The lowest BCUT2D eigenvalue weighted by Gasteiger charge is -2.29. The van der Waals surface area contributed by atoms with Gasteiger partial charge < -0.3 is 19.3 Å². The van der Waals surface area contributed by atoms with Crippen molar-refractivity contribution in [1.29, 1.82) is 0 Å². The summed E-state index contributed by atoms with van der Waals surface area (Å²) in [5, 5.41) is 12.2. The van der Waals surface area contributed by atoms with Gasteiger partial charge >= 0.3 is 17.1 Å². The molecule has 2 N–H and O–H groups in total. The average molecular weight is 593 g/mol. The van der Waals surface area contributed by atoms with E-state index in [9.17, 15) is 9.90 Å². The van der Waals surface area contributed by atoms with Crippen LogP contribution in [0.4, 0.5) is 0 Å². The Morgan fingerprint density at radius 3 is 2.23 bits per heavy atom. The van der Waals surface area contributed by atoms with Crippen molar-refractivity contribution in [3.63, 3.8) is 0 Å². The third kappa shape index (κ3) is 5.31. The van der Waals surface area contributed by atoms with Gasteiger partial charge in [-0.3, -0.25) is 4.79 Å². The zero-order valence-electron chi connectivity index (χ0n) is 25.5. The number of hydrogen-bond acceptors (Lipinski definition) is 4. The van der Waals surface area contributed by atoms with Crippen molar-refractivity contribution in [3.05, 3.63) is 94.2 Å². The molecule has 6 heteroatoms. The van der Waals surface area contributed by atoms with E-state index in [1.54, 1.807) is 14.2 Å². The number of fused-ring (bicyclic) bond motifs is 2. The van der Waals surface area contributed by atoms with E-state index >= 15 is 0 Å².